The third-order valence-electron chi connectivity index (χ3n) is 4.21. The Kier molecular flexibility index (Phi) is 5.67. The molecule has 130 valence electrons. The molecule has 5 heteroatoms. The molecule has 3 rings (SSSR count). The molecule has 0 saturated heterocycles. The number of amides is 1. The first-order valence-electron chi connectivity index (χ1n) is 8.81. The minimum absolute atomic E-state index is 0.0458. The predicted molar refractivity (Wildman–Crippen MR) is 102 cm³/mol. The maximum Gasteiger partial charge on any atom is 0.251 e. The molecule has 0 bridgehead atoms. The molecule has 0 unspecified atom stereocenters. The second-order valence-corrected chi connectivity index (χ2v) is 6.08. The average molecular weight is 336 g/mol. The fraction of sp³-hybridized carbons (Fsp3) is 0.300. The van der Waals surface area contributed by atoms with Crippen LogP contribution < -0.4 is 10.6 Å². The lowest BCUT2D eigenvalue weighted by Gasteiger charge is -2.08. The molecule has 0 saturated carbocycles. The molecule has 1 amide bonds. The number of unbranched alkanes of at least 4 members (excludes halogenated alkanes) is 1. The lowest BCUT2D eigenvalue weighted by atomic mass is 10.1. The maximum absolute atomic E-state index is 12.1. The lowest BCUT2D eigenvalue weighted by molar-refractivity contribution is 0.0953. The Morgan fingerprint density at radius 1 is 1.20 bits per heavy atom. The minimum atomic E-state index is -0.0458. The van der Waals surface area contributed by atoms with Crippen molar-refractivity contribution in [2.75, 3.05) is 18.4 Å². The number of para-hydroxylation sites is 1. The first-order chi connectivity index (χ1) is 12.3. The highest BCUT2D eigenvalue weighted by Gasteiger charge is 2.07. The Labute approximate surface area is 147 Å². The third kappa shape index (κ3) is 4.38. The first kappa shape index (κ1) is 17.0. The second-order valence-electron chi connectivity index (χ2n) is 6.08. The number of aromatic nitrogens is 2. The van der Waals surface area contributed by atoms with E-state index in [0.717, 1.165) is 37.1 Å². The molecule has 25 heavy (non-hydrogen) atoms. The minimum Gasteiger partial charge on any atom is -0.370 e. The fourth-order valence-electron chi connectivity index (χ4n) is 2.81. The van der Waals surface area contributed by atoms with Gasteiger partial charge in [-0.15, -0.1) is 0 Å². The molecular weight excluding hydrogens is 312 g/mol. The summed E-state index contributed by atoms with van der Waals surface area (Å²) < 4.78 is 0. The van der Waals surface area contributed by atoms with Gasteiger partial charge in [0.1, 0.15) is 5.82 Å². The zero-order valence-corrected chi connectivity index (χ0v) is 14.5. The van der Waals surface area contributed by atoms with Gasteiger partial charge in [-0.1, -0.05) is 31.5 Å². The van der Waals surface area contributed by atoms with E-state index >= 15 is 0 Å². The molecule has 2 heterocycles. The summed E-state index contributed by atoms with van der Waals surface area (Å²) >= 11 is 0. The van der Waals surface area contributed by atoms with Crippen LogP contribution in [0, 0.1) is 0 Å². The zero-order chi connectivity index (χ0) is 17.5. The number of nitrogens with zero attached hydrogens (tertiary/aromatic N) is 1. The van der Waals surface area contributed by atoms with Crippen molar-refractivity contribution >= 4 is 22.6 Å². The van der Waals surface area contributed by atoms with Crippen LogP contribution in [-0.4, -0.2) is 29.0 Å². The van der Waals surface area contributed by atoms with Crippen molar-refractivity contribution < 1.29 is 4.79 Å². The lowest BCUT2D eigenvalue weighted by Crippen LogP contribution is -2.24. The van der Waals surface area contributed by atoms with Crippen LogP contribution in [0.1, 0.15) is 35.7 Å². The smallest absolute Gasteiger partial charge is 0.251 e. The highest BCUT2D eigenvalue weighted by atomic mass is 16.1. The van der Waals surface area contributed by atoms with Crippen LogP contribution in [0.3, 0.4) is 0 Å². The Morgan fingerprint density at radius 3 is 2.96 bits per heavy atom. The summed E-state index contributed by atoms with van der Waals surface area (Å²) in [7, 11) is 0. The molecule has 0 aliphatic rings. The molecule has 1 aromatic carbocycles. The Balaban J connectivity index is 1.56. The van der Waals surface area contributed by atoms with Crippen molar-refractivity contribution in [3.05, 3.63) is 59.9 Å². The molecule has 5 nitrogen and oxygen atoms in total. The number of aromatic amines is 1. The van der Waals surface area contributed by atoms with Crippen molar-refractivity contribution in [2.24, 2.45) is 0 Å². The molecule has 3 N–H and O–H groups in total. The van der Waals surface area contributed by atoms with Crippen molar-refractivity contribution in [3.63, 3.8) is 0 Å². The van der Waals surface area contributed by atoms with Crippen LogP contribution in [0.2, 0.25) is 0 Å². The van der Waals surface area contributed by atoms with E-state index in [1.165, 1.54) is 10.9 Å². The summed E-state index contributed by atoms with van der Waals surface area (Å²) in [5, 5.41) is 7.48. The summed E-state index contributed by atoms with van der Waals surface area (Å²) in [5.41, 5.74) is 3.07. The number of rotatable bonds is 8. The number of hydrogen-bond donors (Lipinski definition) is 3. The van der Waals surface area contributed by atoms with Crippen LogP contribution in [-0.2, 0) is 6.42 Å². The normalized spacial score (nSPS) is 10.8. The second kappa shape index (κ2) is 8.33. The number of benzene rings is 1. The fourth-order valence-corrected chi connectivity index (χ4v) is 2.81. The standard InChI is InChI=1S/C20H24N4O/c1-2-3-10-23-20(25)15-8-11-21-19(13-15)22-12-9-16-14-24-18-7-5-4-6-17(16)18/h4-8,11,13-14,24H,2-3,9-10,12H2,1H3,(H,21,22)(H,23,25). The highest BCUT2D eigenvalue weighted by molar-refractivity contribution is 5.94. The molecule has 0 atom stereocenters. The van der Waals surface area contributed by atoms with Gasteiger partial charge >= 0.3 is 0 Å². The van der Waals surface area contributed by atoms with E-state index in [2.05, 4.69) is 51.9 Å². The van der Waals surface area contributed by atoms with Crippen LogP contribution in [0.25, 0.3) is 10.9 Å². The third-order valence-corrected chi connectivity index (χ3v) is 4.21. The van der Waals surface area contributed by atoms with Crippen molar-refractivity contribution in [3.8, 4) is 0 Å². The quantitative estimate of drug-likeness (QED) is 0.549. The van der Waals surface area contributed by atoms with Gasteiger partial charge in [0.25, 0.3) is 5.91 Å². The highest BCUT2D eigenvalue weighted by Crippen LogP contribution is 2.18. The van der Waals surface area contributed by atoms with Gasteiger partial charge in [-0.25, -0.2) is 4.98 Å². The molecule has 0 aliphatic carbocycles. The Bertz CT molecular complexity index is 840. The van der Waals surface area contributed by atoms with Crippen LogP contribution in [0.4, 0.5) is 5.82 Å². The predicted octanol–water partition coefficient (Wildman–Crippen LogP) is 3.75. The van der Waals surface area contributed by atoms with Gasteiger partial charge in [-0.3, -0.25) is 4.79 Å². The van der Waals surface area contributed by atoms with Crippen LogP contribution in [0.5, 0.6) is 0 Å². The van der Waals surface area contributed by atoms with Crippen molar-refractivity contribution in [1.29, 1.82) is 0 Å². The monoisotopic (exact) mass is 336 g/mol. The van der Waals surface area contributed by atoms with Gasteiger partial charge in [0.05, 0.1) is 0 Å². The van der Waals surface area contributed by atoms with Gasteiger partial charge < -0.3 is 15.6 Å². The molecule has 3 aromatic rings. The van der Waals surface area contributed by atoms with Gasteiger partial charge in [-0.2, -0.15) is 0 Å². The number of fused-ring (bicyclic) bond motifs is 1. The first-order valence-corrected chi connectivity index (χ1v) is 8.81. The van der Waals surface area contributed by atoms with Gasteiger partial charge in [0, 0.05) is 41.9 Å². The number of hydrogen-bond acceptors (Lipinski definition) is 3. The number of pyridine rings is 1. The Hall–Kier alpha value is -2.82. The number of anilines is 1. The van der Waals surface area contributed by atoms with Crippen LogP contribution in [0.15, 0.2) is 48.8 Å². The number of carbonyl (C=O) groups excluding carboxylic acids is 1. The topological polar surface area (TPSA) is 69.8 Å². The largest absolute Gasteiger partial charge is 0.370 e. The average Bonchev–Trinajstić information content (AvgIpc) is 3.05. The number of carbonyl (C=O) groups is 1. The summed E-state index contributed by atoms with van der Waals surface area (Å²) in [4.78, 5) is 19.7. The zero-order valence-electron chi connectivity index (χ0n) is 14.5. The molecule has 0 spiro atoms. The van der Waals surface area contributed by atoms with Crippen molar-refractivity contribution in [1.82, 2.24) is 15.3 Å². The Morgan fingerprint density at radius 2 is 2.08 bits per heavy atom. The van der Waals surface area contributed by atoms with E-state index in [0.29, 0.717) is 12.1 Å². The van der Waals surface area contributed by atoms with Gasteiger partial charge in [0.15, 0.2) is 0 Å². The van der Waals surface area contributed by atoms with Gasteiger partial charge in [-0.05, 0) is 36.6 Å². The number of nitrogens with one attached hydrogen (secondary N) is 3. The van der Waals surface area contributed by atoms with E-state index in [4.69, 9.17) is 0 Å². The maximum atomic E-state index is 12.1. The van der Waals surface area contributed by atoms with E-state index in [9.17, 15) is 4.79 Å². The summed E-state index contributed by atoms with van der Waals surface area (Å²) in [6, 6.07) is 11.8. The van der Waals surface area contributed by atoms with E-state index < -0.39 is 0 Å². The molecule has 0 aliphatic heterocycles. The van der Waals surface area contributed by atoms with Gasteiger partial charge in [0.2, 0.25) is 0 Å². The summed E-state index contributed by atoms with van der Waals surface area (Å²) in [5.74, 6) is 0.679. The molecule has 0 radical (unpaired) electrons. The number of H-pyrrole nitrogens is 1. The molecular formula is C20H24N4O. The molecule has 2 aromatic heterocycles. The van der Waals surface area contributed by atoms with Crippen LogP contribution >= 0.6 is 0 Å². The molecule has 0 fully saturated rings. The van der Waals surface area contributed by atoms with E-state index in [1.807, 2.05) is 6.07 Å². The SMILES string of the molecule is CCCCNC(=O)c1ccnc(NCCc2c[nH]c3ccccc23)c1. The summed E-state index contributed by atoms with van der Waals surface area (Å²) in [6.07, 6.45) is 6.67. The van der Waals surface area contributed by atoms with Crippen molar-refractivity contribution in [2.45, 2.75) is 26.2 Å². The summed E-state index contributed by atoms with van der Waals surface area (Å²) in [6.45, 7) is 3.57. The van der Waals surface area contributed by atoms with E-state index in [-0.39, 0.29) is 5.91 Å². The van der Waals surface area contributed by atoms with E-state index in [1.54, 1.807) is 18.3 Å².